The molecule has 4 saturated carbocycles. The number of hydrogen-bond donors (Lipinski definition) is 1. The molecule has 0 saturated heterocycles. The number of carbonyl (C=O) groups is 1. The van der Waals surface area contributed by atoms with E-state index < -0.39 is 5.60 Å². The first-order chi connectivity index (χ1) is 12.7. The Kier molecular flexibility index (Phi) is 5.28. The fourth-order valence-electron chi connectivity index (χ4n) is 8.42. The molecule has 154 valence electrons. The molecule has 4 aliphatic carbocycles. The molecule has 4 aliphatic rings. The van der Waals surface area contributed by atoms with Crippen LogP contribution in [0.2, 0.25) is 0 Å². The molecule has 27 heavy (non-hydrogen) atoms. The maximum absolute atomic E-state index is 11.9. The lowest BCUT2D eigenvalue weighted by atomic mass is 9.49. The Labute approximate surface area is 166 Å². The monoisotopic (exact) mass is 374 g/mol. The van der Waals surface area contributed by atoms with E-state index in [1.807, 2.05) is 13.8 Å². The highest BCUT2D eigenvalue weighted by Crippen LogP contribution is 2.65. The molecule has 8 atom stereocenters. The van der Waals surface area contributed by atoms with Crippen LogP contribution in [0.4, 0.5) is 0 Å². The third kappa shape index (κ3) is 3.65. The summed E-state index contributed by atoms with van der Waals surface area (Å²) in [7, 11) is 0. The third-order valence-electron chi connectivity index (χ3n) is 9.74. The first-order valence-corrected chi connectivity index (χ1v) is 11.9. The van der Waals surface area contributed by atoms with E-state index in [-0.39, 0.29) is 0 Å². The van der Waals surface area contributed by atoms with Crippen molar-refractivity contribution in [3.8, 4) is 0 Å². The van der Waals surface area contributed by atoms with Gasteiger partial charge >= 0.3 is 0 Å². The largest absolute Gasteiger partial charge is 0.390 e. The Balaban J connectivity index is 1.46. The second-order valence-electron chi connectivity index (χ2n) is 11.8. The highest BCUT2D eigenvalue weighted by molar-refractivity contribution is 5.79. The molecule has 0 aliphatic heterocycles. The number of rotatable bonds is 4. The van der Waals surface area contributed by atoms with Crippen molar-refractivity contribution in [2.24, 2.45) is 46.8 Å². The number of carbonyl (C=O) groups excluding carboxylic acids is 1. The van der Waals surface area contributed by atoms with Gasteiger partial charge in [0.1, 0.15) is 5.78 Å². The summed E-state index contributed by atoms with van der Waals surface area (Å²) in [6, 6.07) is 0. The third-order valence-corrected chi connectivity index (χ3v) is 9.74. The lowest BCUT2D eigenvalue weighted by molar-refractivity contribution is -0.127. The van der Waals surface area contributed by atoms with Crippen molar-refractivity contribution in [2.45, 2.75) is 104 Å². The van der Waals surface area contributed by atoms with E-state index in [9.17, 15) is 9.90 Å². The Morgan fingerprint density at radius 1 is 1.07 bits per heavy atom. The average molecular weight is 375 g/mol. The molecule has 0 aromatic rings. The summed E-state index contributed by atoms with van der Waals surface area (Å²) in [5.41, 5.74) is -0.000859. The number of aliphatic hydroxyl groups is 1. The zero-order chi connectivity index (χ0) is 19.4. The fraction of sp³-hybridized carbons (Fsp3) is 0.960. The average Bonchev–Trinajstić information content (AvgIpc) is 2.96. The number of Topliss-reactive ketones (excluding diaryl/α,β-unsaturated/α-hetero) is 1. The van der Waals surface area contributed by atoms with Gasteiger partial charge in [-0.05, 0) is 118 Å². The van der Waals surface area contributed by atoms with Crippen LogP contribution in [0.15, 0.2) is 0 Å². The summed E-state index contributed by atoms with van der Waals surface area (Å²) < 4.78 is 0. The van der Waals surface area contributed by atoms with Gasteiger partial charge in [0.05, 0.1) is 5.60 Å². The van der Waals surface area contributed by atoms with Gasteiger partial charge in [-0.15, -0.1) is 0 Å². The van der Waals surface area contributed by atoms with E-state index >= 15 is 0 Å². The molecule has 1 N–H and O–H groups in total. The van der Waals surface area contributed by atoms with Gasteiger partial charge in [0.2, 0.25) is 0 Å². The second-order valence-corrected chi connectivity index (χ2v) is 11.8. The SMILES string of the molecule is C[C@H](CCC(C)(C)O)[C@H]1CCC2C3CC[C@H]4CC(=O)CC[C@@H]4C3CC[C@@]21C. The van der Waals surface area contributed by atoms with Crippen LogP contribution in [-0.2, 0) is 4.79 Å². The van der Waals surface area contributed by atoms with Crippen LogP contribution >= 0.6 is 0 Å². The molecule has 0 aromatic heterocycles. The summed E-state index contributed by atoms with van der Waals surface area (Å²) in [6.07, 6.45) is 13.4. The van der Waals surface area contributed by atoms with Crippen LogP contribution < -0.4 is 0 Å². The van der Waals surface area contributed by atoms with E-state index in [1.165, 1.54) is 44.9 Å². The molecular formula is C25H42O2. The maximum Gasteiger partial charge on any atom is 0.133 e. The van der Waals surface area contributed by atoms with E-state index in [4.69, 9.17) is 0 Å². The Bertz CT molecular complexity index is 561. The molecular weight excluding hydrogens is 332 g/mol. The minimum atomic E-state index is -0.526. The summed E-state index contributed by atoms with van der Waals surface area (Å²) in [4.78, 5) is 11.9. The first-order valence-electron chi connectivity index (χ1n) is 11.9. The summed E-state index contributed by atoms with van der Waals surface area (Å²) in [5.74, 6) is 6.46. The van der Waals surface area contributed by atoms with Crippen LogP contribution in [0, 0.1) is 46.8 Å². The van der Waals surface area contributed by atoms with Gasteiger partial charge in [-0.3, -0.25) is 4.79 Å². The predicted molar refractivity (Wildman–Crippen MR) is 110 cm³/mol. The zero-order valence-corrected chi connectivity index (χ0v) is 18.2. The minimum absolute atomic E-state index is 0.525. The van der Waals surface area contributed by atoms with Gasteiger partial charge in [0.15, 0.2) is 0 Å². The van der Waals surface area contributed by atoms with Crippen LogP contribution in [0.3, 0.4) is 0 Å². The molecule has 0 radical (unpaired) electrons. The van der Waals surface area contributed by atoms with E-state index in [2.05, 4.69) is 13.8 Å². The van der Waals surface area contributed by atoms with E-state index in [0.29, 0.717) is 11.2 Å². The van der Waals surface area contributed by atoms with Crippen LogP contribution in [0.25, 0.3) is 0 Å². The molecule has 0 bridgehead atoms. The topological polar surface area (TPSA) is 37.3 Å². The van der Waals surface area contributed by atoms with Crippen molar-refractivity contribution in [1.29, 1.82) is 0 Å². The molecule has 3 unspecified atom stereocenters. The van der Waals surface area contributed by atoms with Crippen molar-refractivity contribution in [1.82, 2.24) is 0 Å². The highest BCUT2D eigenvalue weighted by atomic mass is 16.3. The molecule has 2 heteroatoms. The summed E-state index contributed by atoms with van der Waals surface area (Å²) in [6.45, 7) is 9.00. The second kappa shape index (κ2) is 7.15. The van der Waals surface area contributed by atoms with Crippen molar-refractivity contribution in [3.05, 3.63) is 0 Å². The van der Waals surface area contributed by atoms with Crippen molar-refractivity contribution < 1.29 is 9.90 Å². The Hall–Kier alpha value is -0.370. The van der Waals surface area contributed by atoms with Crippen molar-refractivity contribution in [3.63, 3.8) is 0 Å². The summed E-state index contributed by atoms with van der Waals surface area (Å²) in [5, 5.41) is 10.2. The van der Waals surface area contributed by atoms with Gasteiger partial charge in [-0.25, -0.2) is 0 Å². The van der Waals surface area contributed by atoms with Gasteiger partial charge in [0.25, 0.3) is 0 Å². The number of ketones is 1. The molecule has 0 spiro atoms. The summed E-state index contributed by atoms with van der Waals surface area (Å²) >= 11 is 0. The van der Waals surface area contributed by atoms with Crippen LogP contribution in [-0.4, -0.2) is 16.5 Å². The Morgan fingerprint density at radius 3 is 2.59 bits per heavy atom. The zero-order valence-electron chi connectivity index (χ0n) is 18.2. The lowest BCUT2D eigenvalue weighted by Gasteiger charge is -2.56. The Morgan fingerprint density at radius 2 is 1.85 bits per heavy atom. The van der Waals surface area contributed by atoms with E-state index in [1.54, 1.807) is 0 Å². The van der Waals surface area contributed by atoms with Crippen molar-refractivity contribution in [2.75, 3.05) is 0 Å². The van der Waals surface area contributed by atoms with Crippen molar-refractivity contribution >= 4 is 5.78 Å². The highest BCUT2D eigenvalue weighted by Gasteiger charge is 2.57. The smallest absolute Gasteiger partial charge is 0.133 e. The van der Waals surface area contributed by atoms with Crippen LogP contribution in [0.1, 0.15) is 98.3 Å². The van der Waals surface area contributed by atoms with Gasteiger partial charge in [-0.2, -0.15) is 0 Å². The molecule has 0 heterocycles. The van der Waals surface area contributed by atoms with Crippen LogP contribution in [0.5, 0.6) is 0 Å². The number of fused-ring (bicyclic) bond motifs is 5. The van der Waals surface area contributed by atoms with Gasteiger partial charge < -0.3 is 5.11 Å². The first kappa shape index (κ1) is 19.9. The molecule has 4 fully saturated rings. The van der Waals surface area contributed by atoms with Gasteiger partial charge in [-0.1, -0.05) is 13.8 Å². The predicted octanol–water partition coefficient (Wildman–Crippen LogP) is 6.01. The lowest BCUT2D eigenvalue weighted by Crippen LogP contribution is -2.49. The van der Waals surface area contributed by atoms with Gasteiger partial charge in [0, 0.05) is 12.8 Å². The fourth-order valence-corrected chi connectivity index (χ4v) is 8.42. The van der Waals surface area contributed by atoms with E-state index in [0.717, 1.165) is 67.1 Å². The quantitative estimate of drug-likeness (QED) is 0.654. The standard InChI is InChI=1S/C25H42O2/c1-16(11-13-24(2,3)27)22-9-10-23-21-7-5-17-15-18(26)6-8-19(17)20(21)12-14-25(22,23)4/h16-17,19-23,27H,5-15H2,1-4H3/t16-,17+,19+,20?,21?,22-,23?,25-/m1/s1. The molecule has 0 amide bonds. The normalized spacial score (nSPS) is 45.7. The molecule has 0 aromatic carbocycles. The maximum atomic E-state index is 11.9. The molecule has 2 nitrogen and oxygen atoms in total. The molecule has 4 rings (SSSR count). The number of hydrogen-bond acceptors (Lipinski definition) is 2. The minimum Gasteiger partial charge on any atom is -0.390 e.